The quantitative estimate of drug-likeness (QED) is 0.495. The van der Waals surface area contributed by atoms with Gasteiger partial charge in [0, 0.05) is 25.1 Å². The highest BCUT2D eigenvalue weighted by atomic mass is 16.6. The first-order chi connectivity index (χ1) is 11.5. The predicted octanol–water partition coefficient (Wildman–Crippen LogP) is 3.14. The van der Waals surface area contributed by atoms with Crippen LogP contribution < -0.4 is 14.4 Å². The van der Waals surface area contributed by atoms with Crippen LogP contribution in [0.5, 0.6) is 11.5 Å². The van der Waals surface area contributed by atoms with Crippen molar-refractivity contribution in [2.24, 2.45) is 0 Å². The second-order valence-corrected chi connectivity index (χ2v) is 5.44. The first-order valence-electron chi connectivity index (χ1n) is 7.47. The van der Waals surface area contributed by atoms with Crippen molar-refractivity contribution in [3.63, 3.8) is 0 Å². The molecule has 24 heavy (non-hydrogen) atoms. The van der Waals surface area contributed by atoms with Crippen LogP contribution in [0.1, 0.15) is 18.1 Å². The maximum absolute atomic E-state index is 12.5. The lowest BCUT2D eigenvalue weighted by Gasteiger charge is -2.09. The molecule has 5 nitrogen and oxygen atoms in total. The molecule has 0 bridgehead atoms. The predicted molar refractivity (Wildman–Crippen MR) is 92.0 cm³/mol. The number of likely N-dealkylation sites (N-methyl/N-ethyl adjacent to an activating group) is 1. The van der Waals surface area contributed by atoms with Gasteiger partial charge in [-0.3, -0.25) is 9.59 Å². The summed E-state index contributed by atoms with van der Waals surface area (Å²) in [4.78, 5) is 25.2. The molecule has 0 unspecified atom stereocenters. The van der Waals surface area contributed by atoms with Crippen molar-refractivity contribution in [1.29, 1.82) is 0 Å². The standard InChI is InChI=1S/C19H17NO4/c1-12(21)24-17-9-8-13(11-18(17)23-3)10-15-14-6-4-5-7-16(14)20(2)19(15)22/h4-11H,1-3H3/b15-10+. The molecular weight excluding hydrogens is 306 g/mol. The third kappa shape index (κ3) is 2.76. The fourth-order valence-corrected chi connectivity index (χ4v) is 2.72. The highest BCUT2D eigenvalue weighted by Crippen LogP contribution is 2.37. The lowest BCUT2D eigenvalue weighted by molar-refractivity contribution is -0.132. The average molecular weight is 323 g/mol. The van der Waals surface area contributed by atoms with E-state index in [4.69, 9.17) is 9.47 Å². The van der Waals surface area contributed by atoms with Crippen molar-refractivity contribution >= 4 is 29.2 Å². The summed E-state index contributed by atoms with van der Waals surface area (Å²) in [6, 6.07) is 12.8. The Kier molecular flexibility index (Phi) is 4.08. The Balaban J connectivity index is 2.03. The van der Waals surface area contributed by atoms with Crippen LogP contribution in [0.2, 0.25) is 0 Å². The molecule has 1 heterocycles. The zero-order valence-electron chi connectivity index (χ0n) is 13.7. The van der Waals surface area contributed by atoms with Crippen LogP contribution >= 0.6 is 0 Å². The molecule has 1 aliphatic rings. The van der Waals surface area contributed by atoms with E-state index in [-0.39, 0.29) is 5.91 Å². The van der Waals surface area contributed by atoms with Gasteiger partial charge in [-0.05, 0) is 29.8 Å². The molecule has 0 saturated carbocycles. The molecule has 0 atom stereocenters. The summed E-state index contributed by atoms with van der Waals surface area (Å²) in [6.45, 7) is 1.33. The van der Waals surface area contributed by atoms with Crippen molar-refractivity contribution in [3.8, 4) is 11.5 Å². The minimum Gasteiger partial charge on any atom is -0.493 e. The van der Waals surface area contributed by atoms with Crippen molar-refractivity contribution in [2.75, 3.05) is 19.1 Å². The molecule has 0 N–H and O–H groups in total. The van der Waals surface area contributed by atoms with Crippen molar-refractivity contribution in [1.82, 2.24) is 0 Å². The van der Waals surface area contributed by atoms with Crippen LogP contribution in [0.3, 0.4) is 0 Å². The smallest absolute Gasteiger partial charge is 0.308 e. The van der Waals surface area contributed by atoms with E-state index in [9.17, 15) is 9.59 Å². The van der Waals surface area contributed by atoms with E-state index in [0.717, 1.165) is 16.8 Å². The Morgan fingerprint density at radius 1 is 1.12 bits per heavy atom. The molecule has 2 aromatic carbocycles. The third-order valence-corrected chi connectivity index (χ3v) is 3.84. The van der Waals surface area contributed by atoms with Crippen molar-refractivity contribution in [2.45, 2.75) is 6.92 Å². The normalized spacial score (nSPS) is 14.7. The molecule has 0 saturated heterocycles. The maximum Gasteiger partial charge on any atom is 0.308 e. The van der Waals surface area contributed by atoms with Crippen LogP contribution in [0.25, 0.3) is 11.6 Å². The molecule has 0 radical (unpaired) electrons. The molecule has 3 rings (SSSR count). The van der Waals surface area contributed by atoms with Crippen molar-refractivity contribution < 1.29 is 19.1 Å². The zero-order chi connectivity index (χ0) is 17.3. The summed E-state index contributed by atoms with van der Waals surface area (Å²) in [5.74, 6) is 0.314. The number of amides is 1. The van der Waals surface area contributed by atoms with E-state index in [0.29, 0.717) is 17.1 Å². The number of para-hydroxylation sites is 1. The van der Waals surface area contributed by atoms with Crippen LogP contribution in [-0.2, 0) is 9.59 Å². The molecule has 0 fully saturated rings. The van der Waals surface area contributed by atoms with Gasteiger partial charge in [-0.15, -0.1) is 0 Å². The molecule has 122 valence electrons. The third-order valence-electron chi connectivity index (χ3n) is 3.84. The van der Waals surface area contributed by atoms with Gasteiger partial charge in [-0.1, -0.05) is 24.3 Å². The largest absolute Gasteiger partial charge is 0.493 e. The number of anilines is 1. The minimum absolute atomic E-state index is 0.0563. The van der Waals surface area contributed by atoms with Gasteiger partial charge in [-0.2, -0.15) is 0 Å². The molecule has 0 spiro atoms. The fraction of sp³-hybridized carbons (Fsp3) is 0.158. The van der Waals surface area contributed by atoms with E-state index >= 15 is 0 Å². The number of esters is 1. The molecule has 1 amide bonds. The number of methoxy groups -OCH3 is 1. The van der Waals surface area contributed by atoms with Gasteiger partial charge in [0.25, 0.3) is 5.91 Å². The fourth-order valence-electron chi connectivity index (χ4n) is 2.72. The molecule has 0 aliphatic carbocycles. The molecule has 5 heteroatoms. The highest BCUT2D eigenvalue weighted by Gasteiger charge is 2.29. The monoisotopic (exact) mass is 323 g/mol. The Morgan fingerprint density at radius 2 is 1.88 bits per heavy atom. The van der Waals surface area contributed by atoms with Crippen LogP contribution in [0.4, 0.5) is 5.69 Å². The second-order valence-electron chi connectivity index (χ2n) is 5.44. The topological polar surface area (TPSA) is 55.8 Å². The van der Waals surface area contributed by atoms with Gasteiger partial charge in [0.1, 0.15) is 0 Å². The number of benzene rings is 2. The summed E-state index contributed by atoms with van der Waals surface area (Å²) in [7, 11) is 3.26. The van der Waals surface area contributed by atoms with Crippen LogP contribution in [0.15, 0.2) is 42.5 Å². The van der Waals surface area contributed by atoms with E-state index in [1.165, 1.54) is 14.0 Å². The van der Waals surface area contributed by atoms with E-state index in [1.54, 1.807) is 30.1 Å². The summed E-state index contributed by atoms with van der Waals surface area (Å²) >= 11 is 0. The summed E-state index contributed by atoms with van der Waals surface area (Å²) in [5, 5.41) is 0. The van der Waals surface area contributed by atoms with Crippen molar-refractivity contribution in [3.05, 3.63) is 53.6 Å². The zero-order valence-corrected chi connectivity index (χ0v) is 13.7. The molecule has 1 aliphatic heterocycles. The summed E-state index contributed by atoms with van der Waals surface area (Å²) in [5.41, 5.74) is 3.19. The number of ether oxygens (including phenoxy) is 2. The first kappa shape index (κ1) is 15.8. The number of nitrogens with zero attached hydrogens (tertiary/aromatic N) is 1. The van der Waals surface area contributed by atoms with Crippen LogP contribution in [0, 0.1) is 0 Å². The number of rotatable bonds is 3. The van der Waals surface area contributed by atoms with Gasteiger partial charge in [0.15, 0.2) is 11.5 Å². The number of fused-ring (bicyclic) bond motifs is 1. The van der Waals surface area contributed by atoms with Gasteiger partial charge in [-0.25, -0.2) is 0 Å². The summed E-state index contributed by atoms with van der Waals surface area (Å²) < 4.78 is 10.4. The summed E-state index contributed by atoms with van der Waals surface area (Å²) in [6.07, 6.45) is 1.81. The van der Waals surface area contributed by atoms with Gasteiger partial charge < -0.3 is 14.4 Å². The first-order valence-corrected chi connectivity index (χ1v) is 7.47. The SMILES string of the molecule is COc1cc(/C=C2/C(=O)N(C)c3ccccc32)ccc1OC(C)=O. The Hall–Kier alpha value is -3.08. The number of hydrogen-bond donors (Lipinski definition) is 0. The number of carbonyl (C=O) groups is 2. The van der Waals surface area contributed by atoms with E-state index in [1.807, 2.05) is 30.3 Å². The number of carbonyl (C=O) groups excluding carboxylic acids is 2. The Labute approximate surface area is 140 Å². The lowest BCUT2D eigenvalue weighted by atomic mass is 10.0. The molecule has 0 aromatic heterocycles. The van der Waals surface area contributed by atoms with Gasteiger partial charge in [0.05, 0.1) is 12.8 Å². The minimum atomic E-state index is -0.416. The maximum atomic E-state index is 12.5. The Morgan fingerprint density at radius 3 is 2.58 bits per heavy atom. The van der Waals surface area contributed by atoms with Gasteiger partial charge in [0.2, 0.25) is 0 Å². The number of hydrogen-bond acceptors (Lipinski definition) is 4. The molecule has 2 aromatic rings. The molecular formula is C19H17NO4. The van der Waals surface area contributed by atoms with E-state index < -0.39 is 5.97 Å². The lowest BCUT2D eigenvalue weighted by Crippen LogP contribution is -2.20. The van der Waals surface area contributed by atoms with Gasteiger partial charge >= 0.3 is 5.97 Å². The highest BCUT2D eigenvalue weighted by molar-refractivity contribution is 6.35. The van der Waals surface area contributed by atoms with E-state index in [2.05, 4.69) is 0 Å². The van der Waals surface area contributed by atoms with Crippen LogP contribution in [-0.4, -0.2) is 26.0 Å². The second kappa shape index (κ2) is 6.20. The average Bonchev–Trinajstić information content (AvgIpc) is 2.81. The Bertz CT molecular complexity index is 854.